The minimum absolute atomic E-state index is 0.0233. The van der Waals surface area contributed by atoms with E-state index >= 15 is 0 Å². The number of urea groups is 1. The molecule has 9 heteroatoms. The van der Waals surface area contributed by atoms with E-state index in [0.717, 1.165) is 0 Å². The van der Waals surface area contributed by atoms with E-state index in [1.54, 1.807) is 12.1 Å². The van der Waals surface area contributed by atoms with Gasteiger partial charge < -0.3 is 15.3 Å². The molecule has 0 radical (unpaired) electrons. The lowest BCUT2D eigenvalue weighted by Crippen LogP contribution is -2.44. The molecule has 0 saturated carbocycles. The number of carbonyl (C=O) groups excluding carboxylic acids is 1. The van der Waals surface area contributed by atoms with E-state index in [1.807, 2.05) is 6.92 Å². The van der Waals surface area contributed by atoms with E-state index in [0.29, 0.717) is 37.1 Å². The van der Waals surface area contributed by atoms with E-state index < -0.39 is 27.9 Å². The fourth-order valence-electron chi connectivity index (χ4n) is 2.75. The van der Waals surface area contributed by atoms with Crippen LogP contribution in [0.1, 0.15) is 25.3 Å². The van der Waals surface area contributed by atoms with E-state index in [1.165, 1.54) is 11.0 Å². The highest BCUT2D eigenvalue weighted by molar-refractivity contribution is 7.89. The molecule has 0 spiro atoms. The number of nitrogens with zero attached hydrogens (tertiary/aromatic N) is 1. The third-order valence-electron chi connectivity index (χ3n) is 4.06. The summed E-state index contributed by atoms with van der Waals surface area (Å²) in [5.74, 6) is -1.50. The van der Waals surface area contributed by atoms with Crippen molar-refractivity contribution >= 4 is 27.7 Å². The van der Waals surface area contributed by atoms with Gasteiger partial charge in [-0.05, 0) is 37.0 Å². The predicted molar refractivity (Wildman–Crippen MR) is 88.1 cm³/mol. The number of likely N-dealkylation sites (tertiary alicyclic amines) is 1. The molecular formula is C15H21N3O5S. The molecule has 1 aliphatic rings. The van der Waals surface area contributed by atoms with Crippen molar-refractivity contribution in [1.29, 1.82) is 0 Å². The molecule has 2 amide bonds. The molecule has 1 aromatic carbocycles. The second-order valence-corrected chi connectivity index (χ2v) is 7.30. The number of carboxylic acids is 1. The molecule has 0 aliphatic carbocycles. The fraction of sp³-hybridized carbons (Fsp3) is 0.467. The molecular weight excluding hydrogens is 334 g/mol. The number of sulfonamides is 1. The Balaban J connectivity index is 2.16. The Kier molecular flexibility index (Phi) is 5.45. The Morgan fingerprint density at radius 3 is 2.71 bits per heavy atom. The second-order valence-electron chi connectivity index (χ2n) is 5.77. The van der Waals surface area contributed by atoms with Gasteiger partial charge in [0, 0.05) is 18.8 Å². The molecule has 1 saturated heterocycles. The molecule has 1 aromatic rings. The quantitative estimate of drug-likeness (QED) is 0.748. The molecule has 2 rings (SSSR count). The number of aliphatic carboxylic acids is 1. The van der Waals surface area contributed by atoms with Crippen LogP contribution in [0.5, 0.6) is 0 Å². The van der Waals surface area contributed by atoms with Crippen LogP contribution in [0.15, 0.2) is 23.1 Å². The first-order chi connectivity index (χ1) is 11.2. The molecule has 0 aromatic heterocycles. The zero-order valence-corrected chi connectivity index (χ0v) is 14.2. The summed E-state index contributed by atoms with van der Waals surface area (Å²) in [6.45, 7) is 2.41. The number of anilines is 1. The van der Waals surface area contributed by atoms with Gasteiger partial charge in [-0.25, -0.2) is 18.4 Å². The van der Waals surface area contributed by atoms with Gasteiger partial charge in [-0.1, -0.05) is 13.0 Å². The van der Waals surface area contributed by atoms with Gasteiger partial charge in [-0.2, -0.15) is 0 Å². The molecule has 1 aliphatic heterocycles. The van der Waals surface area contributed by atoms with E-state index in [4.69, 9.17) is 10.2 Å². The Morgan fingerprint density at radius 2 is 2.12 bits per heavy atom. The van der Waals surface area contributed by atoms with Crippen LogP contribution in [-0.4, -0.2) is 43.5 Å². The number of nitrogens with one attached hydrogen (secondary N) is 1. The topological polar surface area (TPSA) is 130 Å². The fourth-order valence-corrected chi connectivity index (χ4v) is 3.62. The lowest BCUT2D eigenvalue weighted by molar-refractivity contribution is -0.143. The summed E-state index contributed by atoms with van der Waals surface area (Å²) in [6.07, 6.45) is 1.65. The van der Waals surface area contributed by atoms with Gasteiger partial charge in [0.25, 0.3) is 0 Å². The van der Waals surface area contributed by atoms with Crippen molar-refractivity contribution in [3.63, 3.8) is 0 Å². The Morgan fingerprint density at radius 1 is 1.42 bits per heavy atom. The number of amides is 2. The van der Waals surface area contributed by atoms with Crippen LogP contribution >= 0.6 is 0 Å². The highest BCUT2D eigenvalue weighted by Crippen LogP contribution is 2.22. The van der Waals surface area contributed by atoms with Crippen LogP contribution in [0.2, 0.25) is 0 Å². The van der Waals surface area contributed by atoms with Gasteiger partial charge in [0.05, 0.1) is 10.8 Å². The van der Waals surface area contributed by atoms with Crippen LogP contribution in [0, 0.1) is 5.92 Å². The van der Waals surface area contributed by atoms with Gasteiger partial charge in [0.2, 0.25) is 10.0 Å². The summed E-state index contributed by atoms with van der Waals surface area (Å²) >= 11 is 0. The minimum Gasteiger partial charge on any atom is -0.481 e. The summed E-state index contributed by atoms with van der Waals surface area (Å²) in [5.41, 5.74) is 0.873. The average molecular weight is 355 g/mol. The van der Waals surface area contributed by atoms with E-state index in [9.17, 15) is 18.0 Å². The number of hydrogen-bond donors (Lipinski definition) is 3. The number of hydrogen-bond acceptors (Lipinski definition) is 4. The zero-order valence-electron chi connectivity index (χ0n) is 13.4. The van der Waals surface area contributed by atoms with Gasteiger partial charge in [-0.15, -0.1) is 0 Å². The maximum Gasteiger partial charge on any atom is 0.321 e. The van der Waals surface area contributed by atoms with Crippen molar-refractivity contribution in [2.45, 2.75) is 31.1 Å². The van der Waals surface area contributed by atoms with Crippen molar-refractivity contribution in [1.82, 2.24) is 4.90 Å². The van der Waals surface area contributed by atoms with Crippen LogP contribution < -0.4 is 10.5 Å². The third kappa shape index (κ3) is 4.24. The van der Waals surface area contributed by atoms with Crippen LogP contribution in [-0.2, 0) is 21.2 Å². The summed E-state index contributed by atoms with van der Waals surface area (Å²) in [7, 11) is -3.89. The van der Waals surface area contributed by atoms with Gasteiger partial charge in [-0.3, -0.25) is 4.79 Å². The lowest BCUT2D eigenvalue weighted by atomic mass is 9.99. The van der Waals surface area contributed by atoms with Gasteiger partial charge in [0.15, 0.2) is 0 Å². The van der Waals surface area contributed by atoms with Crippen molar-refractivity contribution in [2.24, 2.45) is 11.1 Å². The number of piperidine rings is 1. The normalized spacial score (nSPS) is 18.2. The summed E-state index contributed by atoms with van der Waals surface area (Å²) in [4.78, 5) is 24.8. The number of rotatable bonds is 4. The average Bonchev–Trinajstić information content (AvgIpc) is 2.54. The van der Waals surface area contributed by atoms with Gasteiger partial charge in [0.1, 0.15) is 0 Å². The molecule has 1 unspecified atom stereocenters. The van der Waals surface area contributed by atoms with Gasteiger partial charge >= 0.3 is 12.0 Å². The molecule has 1 atom stereocenters. The largest absolute Gasteiger partial charge is 0.481 e. The predicted octanol–water partition coefficient (Wildman–Crippen LogP) is 1.22. The van der Waals surface area contributed by atoms with Crippen molar-refractivity contribution in [3.8, 4) is 0 Å². The SMILES string of the molecule is CCc1ccc(NC(=O)N2CCCC(C(=O)O)C2)cc1S(N)(=O)=O. The monoisotopic (exact) mass is 355 g/mol. The number of aryl methyl sites for hydroxylation is 1. The number of carboxylic acid groups (broad SMARTS) is 1. The van der Waals surface area contributed by atoms with Crippen LogP contribution in [0.4, 0.5) is 10.5 Å². The van der Waals surface area contributed by atoms with E-state index in [2.05, 4.69) is 5.32 Å². The Hall–Kier alpha value is -2.13. The minimum atomic E-state index is -3.89. The van der Waals surface area contributed by atoms with E-state index in [-0.39, 0.29) is 11.4 Å². The number of benzene rings is 1. The first-order valence-corrected chi connectivity index (χ1v) is 9.21. The van der Waals surface area contributed by atoms with Crippen molar-refractivity contribution in [2.75, 3.05) is 18.4 Å². The van der Waals surface area contributed by atoms with Crippen LogP contribution in [0.3, 0.4) is 0 Å². The molecule has 8 nitrogen and oxygen atoms in total. The Bertz CT molecular complexity index is 747. The standard InChI is InChI=1S/C15H21N3O5S/c1-2-10-5-6-12(8-13(10)24(16,22)23)17-15(21)18-7-3-4-11(9-18)14(19)20/h5-6,8,11H,2-4,7,9H2,1H3,(H,17,21)(H,19,20)(H2,16,22,23). The molecule has 1 fully saturated rings. The maximum absolute atomic E-state index is 12.3. The number of primary sulfonamides is 1. The summed E-state index contributed by atoms with van der Waals surface area (Å²) in [6, 6.07) is 4.07. The second kappa shape index (κ2) is 7.18. The van der Waals surface area contributed by atoms with Crippen LogP contribution in [0.25, 0.3) is 0 Å². The first-order valence-electron chi connectivity index (χ1n) is 7.66. The summed E-state index contributed by atoms with van der Waals surface area (Å²) in [5, 5.41) is 16.9. The smallest absolute Gasteiger partial charge is 0.321 e. The number of nitrogens with two attached hydrogens (primary N) is 1. The zero-order chi connectivity index (χ0) is 17.9. The highest BCUT2D eigenvalue weighted by atomic mass is 32.2. The van der Waals surface area contributed by atoms with Crippen molar-refractivity contribution in [3.05, 3.63) is 23.8 Å². The Labute approximate surface area is 140 Å². The molecule has 1 heterocycles. The first kappa shape index (κ1) is 18.2. The molecule has 4 N–H and O–H groups in total. The number of carbonyl (C=O) groups is 2. The summed E-state index contributed by atoms with van der Waals surface area (Å²) < 4.78 is 23.3. The molecule has 132 valence electrons. The third-order valence-corrected chi connectivity index (χ3v) is 5.06. The highest BCUT2D eigenvalue weighted by Gasteiger charge is 2.28. The maximum atomic E-state index is 12.3. The molecule has 24 heavy (non-hydrogen) atoms. The molecule has 0 bridgehead atoms. The van der Waals surface area contributed by atoms with Crippen molar-refractivity contribution < 1.29 is 23.1 Å². The lowest BCUT2D eigenvalue weighted by Gasteiger charge is -2.30.